The van der Waals surface area contributed by atoms with Gasteiger partial charge in [0.2, 0.25) is 5.52 Å². The second-order valence-electron chi connectivity index (χ2n) is 7.14. The van der Waals surface area contributed by atoms with Gasteiger partial charge < -0.3 is 19.1 Å². The smallest absolute Gasteiger partial charge is 0.263 e. The fourth-order valence-corrected chi connectivity index (χ4v) is 4.78. The standard InChI is InChI=1S/C23H24N5O3S/c1-27-18-14-20(30-4)19(29-3)13-16(18)15(11-22(27)31-10-9-25-26-24)12-23-28(2)17-7-5-6-8-21(17)32-23/h5-8,11-14H,9-10H2,1-4H3/q+1. The molecule has 0 unspecified atom stereocenters. The third-order valence-corrected chi connectivity index (χ3v) is 6.50. The number of ether oxygens (including phenoxy) is 3. The molecule has 0 saturated heterocycles. The maximum Gasteiger partial charge on any atom is 0.263 e. The van der Waals surface area contributed by atoms with Gasteiger partial charge in [0.1, 0.15) is 11.7 Å². The van der Waals surface area contributed by atoms with Gasteiger partial charge in [-0.3, -0.25) is 0 Å². The van der Waals surface area contributed by atoms with Crippen LogP contribution in [0, 0.1) is 0 Å². The van der Waals surface area contributed by atoms with Crippen LogP contribution >= 0.6 is 11.3 Å². The van der Waals surface area contributed by atoms with Gasteiger partial charge in [-0.05, 0) is 23.2 Å². The highest BCUT2D eigenvalue weighted by Crippen LogP contribution is 2.43. The summed E-state index contributed by atoms with van der Waals surface area (Å²) in [4.78, 5) is 4.74. The summed E-state index contributed by atoms with van der Waals surface area (Å²) < 4.78 is 20.4. The van der Waals surface area contributed by atoms with E-state index in [0.717, 1.165) is 21.8 Å². The van der Waals surface area contributed by atoms with E-state index in [1.165, 1.54) is 10.2 Å². The Bertz CT molecular complexity index is 1270. The Morgan fingerprint density at radius 1 is 1.19 bits per heavy atom. The molecule has 164 valence electrons. The van der Waals surface area contributed by atoms with E-state index in [9.17, 15) is 0 Å². The Hall–Kier alpha value is -3.68. The number of anilines is 1. The molecule has 9 heteroatoms. The van der Waals surface area contributed by atoms with Crippen LogP contribution in [0.3, 0.4) is 0 Å². The molecule has 0 fully saturated rings. The van der Waals surface area contributed by atoms with Crippen molar-refractivity contribution in [1.82, 2.24) is 0 Å². The zero-order valence-electron chi connectivity index (χ0n) is 18.4. The summed E-state index contributed by atoms with van der Waals surface area (Å²) >= 11 is 1.73. The highest BCUT2D eigenvalue weighted by atomic mass is 32.1. The van der Waals surface area contributed by atoms with E-state index in [2.05, 4.69) is 39.8 Å². The molecule has 3 aromatic rings. The zero-order chi connectivity index (χ0) is 22.7. The zero-order valence-corrected chi connectivity index (χ0v) is 19.2. The normalized spacial score (nSPS) is 14.1. The highest BCUT2D eigenvalue weighted by molar-refractivity contribution is 7.18. The Balaban J connectivity index is 1.85. The summed E-state index contributed by atoms with van der Waals surface area (Å²) in [6, 6.07) is 12.3. The molecule has 0 atom stereocenters. The van der Waals surface area contributed by atoms with Gasteiger partial charge in [0.15, 0.2) is 17.4 Å². The van der Waals surface area contributed by atoms with Crippen molar-refractivity contribution in [3.05, 3.63) is 69.4 Å². The number of azide groups is 1. The lowest BCUT2D eigenvalue weighted by molar-refractivity contribution is -0.642. The SMILES string of the molecule is COc1cc2c(cc1OC)N(C)C(OCCN=[N+]=[N-])=C/C2=C/c1sc2ccccc2[n+]1C. The van der Waals surface area contributed by atoms with Gasteiger partial charge in [0.25, 0.3) is 5.01 Å². The number of aryl methyl sites for hydroxylation is 1. The lowest BCUT2D eigenvalue weighted by Gasteiger charge is -2.30. The van der Waals surface area contributed by atoms with E-state index in [4.69, 9.17) is 19.7 Å². The average Bonchev–Trinajstić information content (AvgIpc) is 3.13. The molecule has 0 radical (unpaired) electrons. The molecule has 4 rings (SSSR count). The monoisotopic (exact) mass is 450 g/mol. The van der Waals surface area contributed by atoms with Crippen LogP contribution in [0.25, 0.3) is 32.3 Å². The third-order valence-electron chi connectivity index (χ3n) is 5.34. The largest absolute Gasteiger partial charge is 0.493 e. The molecule has 1 aliphatic heterocycles. The third kappa shape index (κ3) is 3.95. The number of rotatable bonds is 7. The van der Waals surface area contributed by atoms with E-state index in [-0.39, 0.29) is 13.2 Å². The summed E-state index contributed by atoms with van der Waals surface area (Å²) in [5.74, 6) is 1.96. The van der Waals surface area contributed by atoms with E-state index in [1.807, 2.05) is 42.3 Å². The highest BCUT2D eigenvalue weighted by Gasteiger charge is 2.25. The van der Waals surface area contributed by atoms with Crippen LogP contribution in [0.1, 0.15) is 10.6 Å². The molecule has 2 aromatic carbocycles. The minimum atomic E-state index is 0.255. The molecule has 1 aromatic heterocycles. The van der Waals surface area contributed by atoms with E-state index < -0.39 is 0 Å². The Kier molecular flexibility index (Phi) is 6.20. The van der Waals surface area contributed by atoms with Crippen LogP contribution in [0.15, 0.2) is 53.5 Å². The first-order valence-corrected chi connectivity index (χ1v) is 10.8. The number of nitrogens with zero attached hydrogens (tertiary/aromatic N) is 5. The molecule has 0 amide bonds. The summed E-state index contributed by atoms with van der Waals surface area (Å²) in [5, 5.41) is 4.66. The molecule has 0 spiro atoms. The van der Waals surface area contributed by atoms with Gasteiger partial charge in [-0.1, -0.05) is 28.6 Å². The molecule has 0 saturated carbocycles. The summed E-state index contributed by atoms with van der Waals surface area (Å²) in [5.41, 5.74) is 12.6. The maximum atomic E-state index is 8.53. The van der Waals surface area contributed by atoms with E-state index in [0.29, 0.717) is 17.4 Å². The van der Waals surface area contributed by atoms with Crippen LogP contribution in [-0.4, -0.2) is 34.4 Å². The van der Waals surface area contributed by atoms with Gasteiger partial charge in [0.05, 0.1) is 33.1 Å². The average molecular weight is 451 g/mol. The number of methoxy groups -OCH3 is 2. The molecule has 0 aliphatic carbocycles. The summed E-state index contributed by atoms with van der Waals surface area (Å²) in [6.45, 7) is 0.539. The lowest BCUT2D eigenvalue weighted by atomic mass is 9.98. The number of hydrogen-bond acceptors (Lipinski definition) is 6. The van der Waals surface area contributed by atoms with Gasteiger partial charge in [0, 0.05) is 41.8 Å². The molecule has 32 heavy (non-hydrogen) atoms. The summed E-state index contributed by atoms with van der Waals surface area (Å²) in [6.07, 6.45) is 4.15. The molecular formula is C23H24N5O3S+. The van der Waals surface area contributed by atoms with Crippen molar-refractivity contribution in [2.24, 2.45) is 12.2 Å². The predicted molar refractivity (Wildman–Crippen MR) is 127 cm³/mol. The second kappa shape index (κ2) is 9.21. The molecule has 0 N–H and O–H groups in total. The second-order valence-corrected chi connectivity index (χ2v) is 8.20. The van der Waals surface area contributed by atoms with Crippen LogP contribution < -0.4 is 18.9 Å². The fourth-order valence-electron chi connectivity index (χ4n) is 3.68. The van der Waals surface area contributed by atoms with E-state index in [1.54, 1.807) is 25.6 Å². The predicted octanol–water partition coefficient (Wildman–Crippen LogP) is 4.90. The Morgan fingerprint density at radius 3 is 2.66 bits per heavy atom. The lowest BCUT2D eigenvalue weighted by Crippen LogP contribution is -2.29. The van der Waals surface area contributed by atoms with Crippen molar-refractivity contribution in [3.63, 3.8) is 0 Å². The molecule has 2 heterocycles. The molecular weight excluding hydrogens is 426 g/mol. The van der Waals surface area contributed by atoms with Crippen molar-refractivity contribution >= 4 is 38.9 Å². The Morgan fingerprint density at radius 2 is 1.94 bits per heavy atom. The molecule has 0 bridgehead atoms. The summed E-state index contributed by atoms with van der Waals surface area (Å²) in [7, 11) is 7.25. The van der Waals surface area contributed by atoms with Crippen molar-refractivity contribution in [1.29, 1.82) is 0 Å². The quantitative estimate of drug-likeness (QED) is 0.168. The van der Waals surface area contributed by atoms with Crippen LogP contribution in [-0.2, 0) is 11.8 Å². The number of thiazole rings is 1. The number of aromatic nitrogens is 1. The van der Waals surface area contributed by atoms with Gasteiger partial charge in [-0.15, -0.1) is 0 Å². The number of para-hydroxylation sites is 1. The Labute approximate surface area is 190 Å². The van der Waals surface area contributed by atoms with Crippen molar-refractivity contribution in [3.8, 4) is 11.5 Å². The van der Waals surface area contributed by atoms with E-state index >= 15 is 0 Å². The van der Waals surface area contributed by atoms with Crippen LogP contribution in [0.4, 0.5) is 5.69 Å². The first-order valence-electron chi connectivity index (χ1n) is 10.0. The van der Waals surface area contributed by atoms with Crippen molar-refractivity contribution < 1.29 is 18.8 Å². The number of allylic oxidation sites excluding steroid dienone is 2. The van der Waals surface area contributed by atoms with Gasteiger partial charge in [-0.2, -0.15) is 4.57 Å². The number of benzene rings is 2. The maximum absolute atomic E-state index is 8.53. The fraction of sp³-hybridized carbons (Fsp3) is 0.261. The minimum Gasteiger partial charge on any atom is -0.493 e. The first kappa shape index (κ1) is 21.5. The molecule has 8 nitrogen and oxygen atoms in total. The van der Waals surface area contributed by atoms with Crippen molar-refractivity contribution in [2.75, 3.05) is 39.3 Å². The van der Waals surface area contributed by atoms with Gasteiger partial charge in [-0.25, -0.2) is 0 Å². The minimum absolute atomic E-state index is 0.255. The van der Waals surface area contributed by atoms with Crippen molar-refractivity contribution in [2.45, 2.75) is 0 Å². The van der Waals surface area contributed by atoms with Gasteiger partial charge >= 0.3 is 0 Å². The van der Waals surface area contributed by atoms with Crippen LogP contribution in [0.5, 0.6) is 11.5 Å². The first-order chi connectivity index (χ1) is 15.6. The molecule has 1 aliphatic rings. The number of fused-ring (bicyclic) bond motifs is 2. The topological polar surface area (TPSA) is 83.6 Å². The number of hydrogen-bond donors (Lipinski definition) is 0. The van der Waals surface area contributed by atoms with Crippen LogP contribution in [0.2, 0.25) is 0 Å².